The van der Waals surface area contributed by atoms with Crippen LogP contribution in [0.1, 0.15) is 43.2 Å². The Morgan fingerprint density at radius 1 is 1.00 bits per heavy atom. The number of hydrogen-bond donors (Lipinski definition) is 0. The van der Waals surface area contributed by atoms with E-state index in [1.807, 2.05) is 0 Å². The first kappa shape index (κ1) is 18.6. The Labute approximate surface area is 139 Å². The van der Waals surface area contributed by atoms with Crippen LogP contribution in [0.3, 0.4) is 0 Å². The van der Waals surface area contributed by atoms with Crippen molar-refractivity contribution >= 4 is 12.4 Å². The lowest BCUT2D eigenvalue weighted by Gasteiger charge is -2.14. The van der Waals surface area contributed by atoms with Gasteiger partial charge in [-0.1, -0.05) is 12.8 Å². The molecule has 0 saturated carbocycles. The molecule has 0 amide bonds. The highest BCUT2D eigenvalue weighted by Gasteiger charge is 2.21. The first-order chi connectivity index (χ1) is 10.3. The van der Waals surface area contributed by atoms with Gasteiger partial charge < -0.3 is 9.47 Å². The van der Waals surface area contributed by atoms with Gasteiger partial charge in [-0.05, 0) is 42.6 Å². The van der Waals surface area contributed by atoms with Crippen molar-refractivity contribution in [3.05, 3.63) is 23.3 Å². The quantitative estimate of drug-likeness (QED) is 0.680. The van der Waals surface area contributed by atoms with Crippen LogP contribution in [0.2, 0.25) is 0 Å². The highest BCUT2D eigenvalue weighted by Crippen LogP contribution is 2.34. The average Bonchev–Trinajstić information content (AvgIpc) is 2.90. The van der Waals surface area contributed by atoms with Gasteiger partial charge in [0.2, 0.25) is 0 Å². The van der Waals surface area contributed by atoms with Crippen molar-refractivity contribution in [1.29, 1.82) is 5.26 Å². The number of hydrogen-bond acceptors (Lipinski definition) is 4. The van der Waals surface area contributed by atoms with E-state index in [4.69, 9.17) is 14.7 Å². The topological polar surface area (TPSA) is 45.5 Å². The lowest BCUT2D eigenvalue weighted by molar-refractivity contribution is 0.276. The summed E-state index contributed by atoms with van der Waals surface area (Å²) in [6.45, 7) is 3.10. The van der Waals surface area contributed by atoms with Crippen LogP contribution in [-0.2, 0) is 13.1 Å². The second-order valence-electron chi connectivity index (χ2n) is 5.51. The Hall–Kier alpha value is -1.44. The molecule has 0 saturated heterocycles. The van der Waals surface area contributed by atoms with Crippen LogP contribution in [0.5, 0.6) is 11.5 Å². The Morgan fingerprint density at radius 2 is 1.55 bits per heavy atom. The molecule has 5 heteroatoms. The molecule has 0 atom stereocenters. The molecule has 0 radical (unpaired) electrons. The number of fused-ring (bicyclic) bond motifs is 1. The maximum atomic E-state index is 8.50. The van der Waals surface area contributed by atoms with Gasteiger partial charge in [0.05, 0.1) is 20.3 Å². The van der Waals surface area contributed by atoms with Gasteiger partial charge in [-0.15, -0.1) is 12.4 Å². The molecule has 2 rings (SSSR count). The van der Waals surface area contributed by atoms with E-state index in [2.05, 4.69) is 23.1 Å². The average molecular weight is 325 g/mol. The van der Waals surface area contributed by atoms with E-state index < -0.39 is 0 Å². The highest BCUT2D eigenvalue weighted by atomic mass is 35.5. The largest absolute Gasteiger partial charge is 0.493 e. The smallest absolute Gasteiger partial charge is 0.161 e. The summed E-state index contributed by atoms with van der Waals surface area (Å²) in [5.41, 5.74) is 2.69. The third kappa shape index (κ3) is 4.79. The normalized spacial score (nSPS) is 13.1. The van der Waals surface area contributed by atoms with Crippen LogP contribution >= 0.6 is 12.4 Å². The summed E-state index contributed by atoms with van der Waals surface area (Å²) in [7, 11) is 3.36. The zero-order chi connectivity index (χ0) is 15.1. The van der Waals surface area contributed by atoms with Gasteiger partial charge in [0.25, 0.3) is 0 Å². The maximum Gasteiger partial charge on any atom is 0.161 e. The van der Waals surface area contributed by atoms with Crippen molar-refractivity contribution in [3.63, 3.8) is 0 Å². The van der Waals surface area contributed by atoms with Crippen molar-refractivity contribution in [2.75, 3.05) is 20.8 Å². The second-order valence-corrected chi connectivity index (χ2v) is 5.51. The van der Waals surface area contributed by atoms with Crippen LogP contribution < -0.4 is 9.47 Å². The minimum atomic E-state index is 0. The fourth-order valence-corrected chi connectivity index (χ4v) is 2.85. The summed E-state index contributed by atoms with van der Waals surface area (Å²) in [5, 5.41) is 8.50. The maximum absolute atomic E-state index is 8.50. The van der Waals surface area contributed by atoms with Crippen LogP contribution in [0, 0.1) is 11.3 Å². The van der Waals surface area contributed by atoms with Crippen molar-refractivity contribution in [1.82, 2.24) is 4.90 Å². The minimum absolute atomic E-state index is 0. The number of ether oxygens (including phenoxy) is 2. The standard InChI is InChI=1S/C17H24N2O2.ClH/c1-20-16-10-14-12-19(9-7-5-3-4-6-8-18)13-15(14)11-17(16)21-2;/h10-11H,3-7,9,12-13H2,1-2H3;1H. The monoisotopic (exact) mass is 324 g/mol. The van der Waals surface area contributed by atoms with Gasteiger partial charge in [-0.3, -0.25) is 4.90 Å². The molecule has 0 fully saturated rings. The summed E-state index contributed by atoms with van der Waals surface area (Å²) in [6, 6.07) is 6.40. The predicted octanol–water partition coefficient (Wildman–Crippen LogP) is 3.92. The van der Waals surface area contributed by atoms with Gasteiger partial charge in [-0.25, -0.2) is 0 Å². The number of nitrogens with zero attached hydrogens (tertiary/aromatic N) is 2. The molecule has 22 heavy (non-hydrogen) atoms. The van der Waals surface area contributed by atoms with E-state index in [9.17, 15) is 0 Å². The van der Waals surface area contributed by atoms with E-state index in [0.29, 0.717) is 6.42 Å². The second kappa shape index (κ2) is 9.55. The van der Waals surface area contributed by atoms with Crippen LogP contribution in [-0.4, -0.2) is 25.7 Å². The van der Waals surface area contributed by atoms with E-state index in [0.717, 1.165) is 44.0 Å². The third-order valence-corrected chi connectivity index (χ3v) is 4.01. The number of methoxy groups -OCH3 is 2. The number of halogens is 1. The van der Waals surface area contributed by atoms with Crippen LogP contribution in [0.25, 0.3) is 0 Å². The van der Waals surface area contributed by atoms with E-state index in [1.165, 1.54) is 24.0 Å². The minimum Gasteiger partial charge on any atom is -0.493 e. The van der Waals surface area contributed by atoms with Crippen molar-refractivity contribution in [2.45, 2.75) is 45.2 Å². The Morgan fingerprint density at radius 3 is 2.05 bits per heavy atom. The molecular weight excluding hydrogens is 300 g/mol. The molecule has 0 N–H and O–H groups in total. The van der Waals surface area contributed by atoms with Crippen LogP contribution in [0.4, 0.5) is 0 Å². The van der Waals surface area contributed by atoms with E-state index in [1.54, 1.807) is 14.2 Å². The lowest BCUT2D eigenvalue weighted by Crippen LogP contribution is -2.17. The Kier molecular flexibility index (Phi) is 8.08. The summed E-state index contributed by atoms with van der Waals surface area (Å²) < 4.78 is 10.7. The van der Waals surface area contributed by atoms with Crippen molar-refractivity contribution < 1.29 is 9.47 Å². The Bertz CT molecular complexity index is 481. The Balaban J connectivity index is 0.00000242. The molecule has 0 aromatic heterocycles. The van der Waals surface area contributed by atoms with Gasteiger partial charge in [0, 0.05) is 19.5 Å². The van der Waals surface area contributed by atoms with Gasteiger partial charge in [0.15, 0.2) is 11.5 Å². The third-order valence-electron chi connectivity index (χ3n) is 4.01. The summed E-state index contributed by atoms with van der Waals surface area (Å²) in [4.78, 5) is 2.47. The first-order valence-electron chi connectivity index (χ1n) is 7.61. The molecule has 1 aromatic rings. The van der Waals surface area contributed by atoms with Gasteiger partial charge in [-0.2, -0.15) is 5.26 Å². The molecule has 0 aliphatic carbocycles. The lowest BCUT2D eigenvalue weighted by atomic mass is 10.1. The SMILES string of the molecule is COc1cc2c(cc1OC)CN(CCCCCCC#N)C2.Cl. The summed E-state index contributed by atoms with van der Waals surface area (Å²) in [5.74, 6) is 1.63. The molecule has 1 aliphatic rings. The zero-order valence-corrected chi connectivity index (χ0v) is 14.2. The van der Waals surface area contributed by atoms with Crippen LogP contribution in [0.15, 0.2) is 12.1 Å². The molecule has 0 bridgehead atoms. The summed E-state index contributed by atoms with van der Waals surface area (Å²) >= 11 is 0. The molecule has 1 aliphatic heterocycles. The number of nitriles is 1. The first-order valence-corrected chi connectivity index (χ1v) is 7.61. The molecule has 0 unspecified atom stereocenters. The fraction of sp³-hybridized carbons (Fsp3) is 0.588. The number of rotatable bonds is 8. The molecule has 122 valence electrons. The number of benzene rings is 1. The molecule has 1 aromatic carbocycles. The van der Waals surface area contributed by atoms with Gasteiger partial charge >= 0.3 is 0 Å². The van der Waals surface area contributed by atoms with E-state index >= 15 is 0 Å². The highest BCUT2D eigenvalue weighted by molar-refractivity contribution is 5.85. The van der Waals surface area contributed by atoms with Crippen molar-refractivity contribution in [3.8, 4) is 17.6 Å². The zero-order valence-electron chi connectivity index (χ0n) is 13.4. The van der Waals surface area contributed by atoms with Crippen molar-refractivity contribution in [2.24, 2.45) is 0 Å². The van der Waals surface area contributed by atoms with Gasteiger partial charge in [0.1, 0.15) is 0 Å². The molecule has 4 nitrogen and oxygen atoms in total. The molecule has 0 spiro atoms. The molecule has 1 heterocycles. The number of unbranched alkanes of at least 4 members (excludes halogenated alkanes) is 4. The van der Waals surface area contributed by atoms with E-state index in [-0.39, 0.29) is 12.4 Å². The molecular formula is C17H25ClN2O2. The fourth-order valence-electron chi connectivity index (χ4n) is 2.85. The summed E-state index contributed by atoms with van der Waals surface area (Å²) in [6.07, 6.45) is 5.30. The predicted molar refractivity (Wildman–Crippen MR) is 89.6 cm³/mol.